The zero-order valence-corrected chi connectivity index (χ0v) is 11.0. The average Bonchev–Trinajstić information content (AvgIpc) is 2.37. The summed E-state index contributed by atoms with van der Waals surface area (Å²) in [7, 11) is 0. The molecule has 2 aliphatic rings. The maximum absolute atomic E-state index is 10.4. The molecule has 1 aromatic rings. The predicted molar refractivity (Wildman–Crippen MR) is 72.6 cm³/mol. The molecule has 1 heterocycles. The number of aliphatic hydroxyl groups is 1. The van der Waals surface area contributed by atoms with Gasteiger partial charge in [0.15, 0.2) is 11.5 Å². The van der Waals surface area contributed by atoms with Crippen molar-refractivity contribution >= 4 is 0 Å². The Morgan fingerprint density at radius 1 is 1.21 bits per heavy atom. The Hall–Kier alpha value is -1.26. The third-order valence-electron chi connectivity index (χ3n) is 4.29. The van der Waals surface area contributed by atoms with E-state index < -0.39 is 0 Å². The van der Waals surface area contributed by atoms with Gasteiger partial charge in [0.2, 0.25) is 0 Å². The number of aliphatic hydroxyl groups excluding tert-OH is 1. The third-order valence-corrected chi connectivity index (χ3v) is 4.29. The number of hydrogen-bond acceptors (Lipinski definition) is 4. The molecule has 0 aromatic heterocycles. The smallest absolute Gasteiger partial charge is 0.161 e. The molecular weight excluding hydrogens is 242 g/mol. The van der Waals surface area contributed by atoms with Crippen molar-refractivity contribution in [1.82, 2.24) is 0 Å². The van der Waals surface area contributed by atoms with E-state index >= 15 is 0 Å². The van der Waals surface area contributed by atoms with Crippen LogP contribution in [0.15, 0.2) is 18.2 Å². The fraction of sp³-hybridized carbons (Fsp3) is 0.600. The van der Waals surface area contributed by atoms with Gasteiger partial charge in [0, 0.05) is 12.5 Å². The zero-order chi connectivity index (χ0) is 13.2. The van der Waals surface area contributed by atoms with Crippen LogP contribution in [0, 0.1) is 5.92 Å². The molecule has 0 saturated heterocycles. The lowest BCUT2D eigenvalue weighted by Crippen LogP contribution is -2.35. The van der Waals surface area contributed by atoms with Crippen molar-refractivity contribution in [2.75, 3.05) is 19.8 Å². The molecule has 1 saturated carbocycles. The maximum atomic E-state index is 10.4. The van der Waals surface area contributed by atoms with E-state index in [-0.39, 0.29) is 12.0 Å². The molecule has 4 nitrogen and oxygen atoms in total. The Morgan fingerprint density at radius 2 is 1.95 bits per heavy atom. The van der Waals surface area contributed by atoms with Crippen LogP contribution in [0.25, 0.3) is 0 Å². The van der Waals surface area contributed by atoms with Gasteiger partial charge in [-0.15, -0.1) is 0 Å². The number of benzene rings is 1. The number of fused-ring (bicyclic) bond motifs is 1. The van der Waals surface area contributed by atoms with E-state index in [0.29, 0.717) is 25.7 Å². The highest BCUT2D eigenvalue weighted by molar-refractivity contribution is 5.45. The molecule has 1 aromatic carbocycles. The lowest BCUT2D eigenvalue weighted by atomic mass is 9.75. The molecule has 104 valence electrons. The van der Waals surface area contributed by atoms with Gasteiger partial charge >= 0.3 is 0 Å². The van der Waals surface area contributed by atoms with Gasteiger partial charge in [0.05, 0.1) is 6.10 Å². The van der Waals surface area contributed by atoms with Crippen LogP contribution in [-0.4, -0.2) is 31.0 Å². The van der Waals surface area contributed by atoms with Crippen molar-refractivity contribution in [2.45, 2.75) is 31.3 Å². The predicted octanol–water partition coefficient (Wildman–Crippen LogP) is 1.66. The van der Waals surface area contributed by atoms with Crippen LogP contribution in [0.5, 0.6) is 11.5 Å². The highest BCUT2D eigenvalue weighted by Crippen LogP contribution is 2.38. The van der Waals surface area contributed by atoms with E-state index in [9.17, 15) is 5.11 Å². The molecule has 1 fully saturated rings. The van der Waals surface area contributed by atoms with Crippen molar-refractivity contribution in [3.8, 4) is 11.5 Å². The highest BCUT2D eigenvalue weighted by atomic mass is 16.6. The van der Waals surface area contributed by atoms with Gasteiger partial charge < -0.3 is 20.3 Å². The Morgan fingerprint density at radius 3 is 2.58 bits per heavy atom. The normalized spacial score (nSPS) is 21.6. The minimum atomic E-state index is -0.346. The van der Waals surface area contributed by atoms with Gasteiger partial charge in [0.25, 0.3) is 0 Å². The first kappa shape index (κ1) is 12.8. The fourth-order valence-electron chi connectivity index (χ4n) is 2.87. The van der Waals surface area contributed by atoms with Crippen LogP contribution in [0.4, 0.5) is 0 Å². The third kappa shape index (κ3) is 2.42. The van der Waals surface area contributed by atoms with Gasteiger partial charge in [-0.25, -0.2) is 0 Å². The van der Waals surface area contributed by atoms with Crippen LogP contribution in [0.1, 0.15) is 30.7 Å². The average molecular weight is 263 g/mol. The lowest BCUT2D eigenvalue weighted by molar-refractivity contribution is 0.0418. The second-order valence-corrected chi connectivity index (χ2v) is 5.43. The van der Waals surface area contributed by atoms with Crippen LogP contribution >= 0.6 is 0 Å². The van der Waals surface area contributed by atoms with Crippen molar-refractivity contribution < 1.29 is 14.6 Å². The number of nitrogens with two attached hydrogens (primary N) is 1. The molecule has 1 aliphatic carbocycles. The van der Waals surface area contributed by atoms with Crippen molar-refractivity contribution in [1.29, 1.82) is 0 Å². The van der Waals surface area contributed by atoms with E-state index in [0.717, 1.165) is 29.9 Å². The first-order chi connectivity index (χ1) is 9.29. The van der Waals surface area contributed by atoms with Crippen LogP contribution in [0.3, 0.4) is 0 Å². The molecule has 0 bridgehead atoms. The molecular formula is C15H21NO3. The molecule has 0 radical (unpaired) electrons. The second-order valence-electron chi connectivity index (χ2n) is 5.43. The number of ether oxygens (including phenoxy) is 2. The maximum Gasteiger partial charge on any atom is 0.161 e. The van der Waals surface area contributed by atoms with Gasteiger partial charge in [-0.1, -0.05) is 12.5 Å². The molecule has 3 N–H and O–H groups in total. The number of rotatable bonds is 4. The van der Waals surface area contributed by atoms with Gasteiger partial charge in [-0.05, 0) is 36.5 Å². The van der Waals surface area contributed by atoms with Gasteiger partial charge in [-0.3, -0.25) is 0 Å². The van der Waals surface area contributed by atoms with Gasteiger partial charge in [-0.2, -0.15) is 0 Å². The molecule has 2 atom stereocenters. The molecule has 0 spiro atoms. The Bertz CT molecular complexity index is 445. The van der Waals surface area contributed by atoms with E-state index in [2.05, 4.69) is 0 Å². The largest absolute Gasteiger partial charge is 0.486 e. The fourth-order valence-corrected chi connectivity index (χ4v) is 2.87. The zero-order valence-electron chi connectivity index (χ0n) is 11.0. The summed E-state index contributed by atoms with van der Waals surface area (Å²) in [5.74, 6) is 1.94. The monoisotopic (exact) mass is 263 g/mol. The molecule has 2 unspecified atom stereocenters. The molecule has 19 heavy (non-hydrogen) atoms. The lowest BCUT2D eigenvalue weighted by Gasteiger charge is -2.35. The standard InChI is InChI=1S/C15H21NO3/c16-9-12(15(17)10-2-1-3-10)11-4-5-13-14(8-11)19-7-6-18-13/h4-5,8,10,12,15,17H,1-3,6-7,9,16H2. The van der Waals surface area contributed by atoms with Crippen molar-refractivity contribution in [3.63, 3.8) is 0 Å². The Labute approximate surface area is 113 Å². The van der Waals surface area contributed by atoms with E-state index in [1.165, 1.54) is 6.42 Å². The van der Waals surface area contributed by atoms with E-state index in [1.807, 2.05) is 18.2 Å². The molecule has 1 aliphatic heterocycles. The topological polar surface area (TPSA) is 64.7 Å². The molecule has 0 amide bonds. The quantitative estimate of drug-likeness (QED) is 0.867. The first-order valence-electron chi connectivity index (χ1n) is 7.07. The molecule has 3 rings (SSSR count). The molecule has 4 heteroatoms. The van der Waals surface area contributed by atoms with Crippen LogP contribution in [0.2, 0.25) is 0 Å². The van der Waals surface area contributed by atoms with Crippen molar-refractivity contribution in [2.24, 2.45) is 11.7 Å². The summed E-state index contributed by atoms with van der Waals surface area (Å²) in [6, 6.07) is 5.88. The summed E-state index contributed by atoms with van der Waals surface area (Å²) in [4.78, 5) is 0. The summed E-state index contributed by atoms with van der Waals surface area (Å²) in [5, 5.41) is 10.4. The first-order valence-corrected chi connectivity index (χ1v) is 7.07. The minimum Gasteiger partial charge on any atom is -0.486 e. The summed E-state index contributed by atoms with van der Waals surface area (Å²) in [5.41, 5.74) is 6.91. The van der Waals surface area contributed by atoms with Gasteiger partial charge in [0.1, 0.15) is 13.2 Å². The number of hydrogen-bond donors (Lipinski definition) is 2. The highest BCUT2D eigenvalue weighted by Gasteiger charge is 2.32. The summed E-state index contributed by atoms with van der Waals surface area (Å²) in [6.45, 7) is 1.63. The van der Waals surface area contributed by atoms with E-state index in [1.54, 1.807) is 0 Å². The minimum absolute atomic E-state index is 0.0128. The second kappa shape index (κ2) is 5.39. The summed E-state index contributed by atoms with van der Waals surface area (Å²) < 4.78 is 11.1. The Kier molecular flexibility index (Phi) is 3.62. The summed E-state index contributed by atoms with van der Waals surface area (Å²) in [6.07, 6.45) is 3.10. The van der Waals surface area contributed by atoms with Crippen LogP contribution < -0.4 is 15.2 Å². The van der Waals surface area contributed by atoms with Crippen molar-refractivity contribution in [3.05, 3.63) is 23.8 Å². The summed E-state index contributed by atoms with van der Waals surface area (Å²) >= 11 is 0. The Balaban J connectivity index is 1.82. The SMILES string of the molecule is NCC(c1ccc2c(c1)OCCO2)C(O)C1CCC1. The van der Waals surface area contributed by atoms with Crippen LogP contribution in [-0.2, 0) is 0 Å². The van der Waals surface area contributed by atoms with E-state index in [4.69, 9.17) is 15.2 Å².